The van der Waals surface area contributed by atoms with E-state index < -0.39 is 0 Å². The van der Waals surface area contributed by atoms with Gasteiger partial charge in [0.25, 0.3) is 0 Å². The predicted octanol–water partition coefficient (Wildman–Crippen LogP) is 2.87. The number of benzene rings is 1. The molecule has 0 atom stereocenters. The molecule has 25 heavy (non-hydrogen) atoms. The quantitative estimate of drug-likeness (QED) is 0.803. The van der Waals surface area contributed by atoms with E-state index in [1.807, 2.05) is 6.92 Å². The third-order valence-corrected chi connectivity index (χ3v) is 3.35. The van der Waals surface area contributed by atoms with Crippen molar-refractivity contribution in [1.29, 1.82) is 0 Å². The van der Waals surface area contributed by atoms with Crippen LogP contribution in [0.15, 0.2) is 34.9 Å². The molecular weight excluding hydrogens is 324 g/mol. The number of urea groups is 1. The molecule has 0 saturated carbocycles. The van der Waals surface area contributed by atoms with E-state index in [1.54, 1.807) is 44.4 Å². The molecule has 2 rings (SSSR count). The van der Waals surface area contributed by atoms with E-state index in [0.717, 1.165) is 6.42 Å². The van der Waals surface area contributed by atoms with Crippen molar-refractivity contribution in [2.24, 2.45) is 0 Å². The van der Waals surface area contributed by atoms with Gasteiger partial charge in [-0.1, -0.05) is 12.1 Å². The summed E-state index contributed by atoms with van der Waals surface area (Å²) in [7, 11) is 1.57. The van der Waals surface area contributed by atoms with Crippen molar-refractivity contribution in [3.05, 3.63) is 36.1 Å². The molecule has 0 fully saturated rings. The van der Waals surface area contributed by atoms with Crippen molar-refractivity contribution in [3.8, 4) is 5.75 Å². The summed E-state index contributed by atoms with van der Waals surface area (Å²) in [5.74, 6) is 1.28. The molecular formula is C17H22N4O4. The largest absolute Gasteiger partial charge is 0.497 e. The first kappa shape index (κ1) is 18.3. The fourth-order valence-corrected chi connectivity index (χ4v) is 2.18. The van der Waals surface area contributed by atoms with E-state index in [4.69, 9.17) is 9.26 Å². The maximum atomic E-state index is 12.4. The average Bonchev–Trinajstić information content (AvgIpc) is 2.99. The molecule has 2 aromatic rings. The molecule has 0 aliphatic heterocycles. The standard InChI is InChI=1S/C17H22N4O4/c1-4-9-21(11-16(22)19-15-10-12(2)25-20-15)17(23)18-13-5-7-14(24-3)8-6-13/h5-8,10H,4,9,11H2,1-3H3,(H,18,23)(H,19,20,22). The van der Waals surface area contributed by atoms with Crippen LogP contribution in [0.3, 0.4) is 0 Å². The average molecular weight is 346 g/mol. The van der Waals surface area contributed by atoms with Crippen molar-refractivity contribution in [2.75, 3.05) is 30.8 Å². The Bertz CT molecular complexity index is 712. The highest BCUT2D eigenvalue weighted by atomic mass is 16.5. The van der Waals surface area contributed by atoms with Gasteiger partial charge in [0, 0.05) is 18.3 Å². The van der Waals surface area contributed by atoms with Crippen LogP contribution in [0, 0.1) is 6.92 Å². The number of hydrogen-bond acceptors (Lipinski definition) is 5. The van der Waals surface area contributed by atoms with Gasteiger partial charge >= 0.3 is 6.03 Å². The van der Waals surface area contributed by atoms with Crippen LogP contribution in [0.4, 0.5) is 16.3 Å². The number of carbonyl (C=O) groups is 2. The van der Waals surface area contributed by atoms with Crippen LogP contribution < -0.4 is 15.4 Å². The first-order chi connectivity index (χ1) is 12.0. The molecule has 0 bridgehead atoms. The molecule has 0 spiro atoms. The minimum absolute atomic E-state index is 0.0816. The molecule has 1 aromatic carbocycles. The van der Waals surface area contributed by atoms with Crippen LogP contribution in [0.1, 0.15) is 19.1 Å². The zero-order chi connectivity index (χ0) is 18.2. The molecule has 8 nitrogen and oxygen atoms in total. The van der Waals surface area contributed by atoms with Crippen molar-refractivity contribution in [2.45, 2.75) is 20.3 Å². The molecule has 0 radical (unpaired) electrons. The number of hydrogen-bond donors (Lipinski definition) is 2. The number of aryl methyl sites for hydroxylation is 1. The summed E-state index contributed by atoms with van der Waals surface area (Å²) in [6.07, 6.45) is 0.729. The Hall–Kier alpha value is -3.03. The lowest BCUT2D eigenvalue weighted by Crippen LogP contribution is -2.41. The summed E-state index contributed by atoms with van der Waals surface area (Å²) < 4.78 is 9.98. The highest BCUT2D eigenvalue weighted by molar-refractivity contribution is 5.96. The van der Waals surface area contributed by atoms with Gasteiger partial charge in [-0.2, -0.15) is 0 Å². The van der Waals surface area contributed by atoms with Crippen LogP contribution in [0.5, 0.6) is 5.75 Å². The second-order valence-electron chi connectivity index (χ2n) is 5.45. The summed E-state index contributed by atoms with van der Waals surface area (Å²) in [6.45, 7) is 4.04. The molecule has 3 amide bonds. The van der Waals surface area contributed by atoms with Crippen molar-refractivity contribution < 1.29 is 18.8 Å². The van der Waals surface area contributed by atoms with Gasteiger partial charge < -0.3 is 24.8 Å². The van der Waals surface area contributed by atoms with Gasteiger partial charge in [0.05, 0.1) is 7.11 Å². The smallest absolute Gasteiger partial charge is 0.322 e. The van der Waals surface area contributed by atoms with Crippen LogP contribution in [0.25, 0.3) is 0 Å². The number of amides is 3. The fourth-order valence-electron chi connectivity index (χ4n) is 2.18. The number of aromatic nitrogens is 1. The van der Waals surface area contributed by atoms with E-state index in [-0.39, 0.29) is 18.5 Å². The second kappa shape index (κ2) is 8.72. The maximum absolute atomic E-state index is 12.4. The van der Waals surface area contributed by atoms with Gasteiger partial charge in [0.1, 0.15) is 18.1 Å². The zero-order valence-corrected chi connectivity index (χ0v) is 14.5. The monoisotopic (exact) mass is 346 g/mol. The summed E-state index contributed by atoms with van der Waals surface area (Å²) in [5.41, 5.74) is 0.624. The molecule has 1 aromatic heterocycles. The SMILES string of the molecule is CCCN(CC(=O)Nc1cc(C)on1)C(=O)Nc1ccc(OC)cc1. The molecule has 8 heteroatoms. The fraction of sp³-hybridized carbons (Fsp3) is 0.353. The Morgan fingerprint density at radius 2 is 1.96 bits per heavy atom. The second-order valence-corrected chi connectivity index (χ2v) is 5.45. The lowest BCUT2D eigenvalue weighted by molar-refractivity contribution is -0.116. The van der Waals surface area contributed by atoms with Crippen LogP contribution in [0.2, 0.25) is 0 Å². The van der Waals surface area contributed by atoms with E-state index in [9.17, 15) is 9.59 Å². The molecule has 1 heterocycles. The van der Waals surface area contributed by atoms with Crippen LogP contribution in [-0.4, -0.2) is 42.2 Å². The summed E-state index contributed by atoms with van der Waals surface area (Å²) in [5, 5.41) is 9.07. The molecule has 2 N–H and O–H groups in total. The van der Waals surface area contributed by atoms with Crippen LogP contribution in [-0.2, 0) is 4.79 Å². The topological polar surface area (TPSA) is 96.7 Å². The van der Waals surface area contributed by atoms with Gasteiger partial charge in [0.2, 0.25) is 5.91 Å². The number of carbonyl (C=O) groups excluding carboxylic acids is 2. The summed E-state index contributed by atoms with van der Waals surface area (Å²) in [6, 6.07) is 8.23. The zero-order valence-electron chi connectivity index (χ0n) is 14.5. The Labute approximate surface area is 146 Å². The summed E-state index contributed by atoms with van der Waals surface area (Å²) in [4.78, 5) is 26.0. The number of nitrogens with one attached hydrogen (secondary N) is 2. The van der Waals surface area contributed by atoms with Crippen molar-refractivity contribution in [3.63, 3.8) is 0 Å². The number of nitrogens with zero attached hydrogens (tertiary/aromatic N) is 2. The van der Waals surface area contributed by atoms with E-state index in [2.05, 4.69) is 15.8 Å². The minimum Gasteiger partial charge on any atom is -0.497 e. The van der Waals surface area contributed by atoms with Crippen molar-refractivity contribution in [1.82, 2.24) is 10.1 Å². The number of ether oxygens (including phenoxy) is 1. The highest BCUT2D eigenvalue weighted by Gasteiger charge is 2.17. The van der Waals surface area contributed by atoms with E-state index >= 15 is 0 Å². The number of rotatable bonds is 7. The molecule has 0 aliphatic rings. The first-order valence-electron chi connectivity index (χ1n) is 7.95. The van der Waals surface area contributed by atoms with E-state index in [0.29, 0.717) is 29.6 Å². The van der Waals surface area contributed by atoms with Crippen molar-refractivity contribution >= 4 is 23.4 Å². The molecule has 0 aliphatic carbocycles. The van der Waals surface area contributed by atoms with Gasteiger partial charge in [0.15, 0.2) is 5.82 Å². The lowest BCUT2D eigenvalue weighted by Gasteiger charge is -2.21. The third kappa shape index (κ3) is 5.52. The van der Waals surface area contributed by atoms with Gasteiger partial charge in [-0.15, -0.1) is 0 Å². The number of anilines is 2. The van der Waals surface area contributed by atoms with Gasteiger partial charge in [-0.3, -0.25) is 4.79 Å². The lowest BCUT2D eigenvalue weighted by atomic mass is 10.3. The Morgan fingerprint density at radius 1 is 1.24 bits per heavy atom. The Morgan fingerprint density at radius 3 is 2.52 bits per heavy atom. The Kier molecular flexibility index (Phi) is 6.39. The first-order valence-corrected chi connectivity index (χ1v) is 7.95. The van der Waals surface area contributed by atoms with Gasteiger partial charge in [-0.25, -0.2) is 4.79 Å². The Balaban J connectivity index is 1.95. The normalized spacial score (nSPS) is 10.2. The molecule has 0 saturated heterocycles. The molecule has 0 unspecified atom stereocenters. The van der Waals surface area contributed by atoms with E-state index in [1.165, 1.54) is 4.90 Å². The third-order valence-electron chi connectivity index (χ3n) is 3.35. The minimum atomic E-state index is -0.349. The maximum Gasteiger partial charge on any atom is 0.322 e. The molecule has 134 valence electrons. The highest BCUT2D eigenvalue weighted by Crippen LogP contribution is 2.15. The predicted molar refractivity (Wildman–Crippen MR) is 93.7 cm³/mol. The van der Waals surface area contributed by atoms with Crippen LogP contribution >= 0.6 is 0 Å². The number of methoxy groups -OCH3 is 1. The van der Waals surface area contributed by atoms with Gasteiger partial charge in [-0.05, 0) is 37.6 Å². The summed E-state index contributed by atoms with van der Waals surface area (Å²) >= 11 is 0.